The zero-order valence-corrected chi connectivity index (χ0v) is 15.1. The summed E-state index contributed by atoms with van der Waals surface area (Å²) in [6.07, 6.45) is 4.85. The van der Waals surface area contributed by atoms with Gasteiger partial charge in [-0.15, -0.1) is 0 Å². The number of hydrogen-bond acceptors (Lipinski definition) is 4. The number of rotatable bonds is 6. The van der Waals surface area contributed by atoms with Gasteiger partial charge in [-0.05, 0) is 42.0 Å². The topological polar surface area (TPSA) is 63.4 Å². The first-order chi connectivity index (χ1) is 11.6. The standard InChI is InChI=1S/C17H15BrN2O3S/c18-15-5-1-7-17(10-15)24(21,22)20(13-16-6-3-9-23-16)12-14-4-2-8-19-11-14/h1-11H,12-13H2. The first-order valence-electron chi connectivity index (χ1n) is 7.23. The molecule has 3 aromatic rings. The molecule has 0 unspecified atom stereocenters. The van der Waals surface area contributed by atoms with Crippen LogP contribution in [0, 0.1) is 0 Å². The summed E-state index contributed by atoms with van der Waals surface area (Å²) in [7, 11) is -3.68. The Morgan fingerprint density at radius 2 is 1.96 bits per heavy atom. The number of furan rings is 1. The van der Waals surface area contributed by atoms with E-state index in [-0.39, 0.29) is 18.0 Å². The van der Waals surface area contributed by atoms with Gasteiger partial charge < -0.3 is 4.42 Å². The van der Waals surface area contributed by atoms with E-state index in [4.69, 9.17) is 4.42 Å². The second-order valence-electron chi connectivity index (χ2n) is 5.17. The molecule has 0 aliphatic heterocycles. The van der Waals surface area contributed by atoms with Crippen molar-refractivity contribution in [3.8, 4) is 0 Å². The Morgan fingerprint density at radius 1 is 1.08 bits per heavy atom. The van der Waals surface area contributed by atoms with Gasteiger partial charge in [-0.25, -0.2) is 8.42 Å². The van der Waals surface area contributed by atoms with Crippen LogP contribution in [0.25, 0.3) is 0 Å². The highest BCUT2D eigenvalue weighted by Gasteiger charge is 2.26. The van der Waals surface area contributed by atoms with Crippen LogP contribution in [0.4, 0.5) is 0 Å². The molecule has 0 fully saturated rings. The van der Waals surface area contributed by atoms with E-state index in [9.17, 15) is 8.42 Å². The van der Waals surface area contributed by atoms with Crippen molar-refractivity contribution in [3.05, 3.63) is 83.0 Å². The summed E-state index contributed by atoms with van der Waals surface area (Å²) < 4.78 is 33.5. The average Bonchev–Trinajstić information content (AvgIpc) is 3.08. The van der Waals surface area contributed by atoms with Gasteiger partial charge in [0.15, 0.2) is 0 Å². The van der Waals surface area contributed by atoms with E-state index >= 15 is 0 Å². The van der Waals surface area contributed by atoms with Crippen molar-refractivity contribution in [1.82, 2.24) is 9.29 Å². The summed E-state index contributed by atoms with van der Waals surface area (Å²) in [5, 5.41) is 0. The van der Waals surface area contributed by atoms with Crippen molar-refractivity contribution in [2.75, 3.05) is 0 Å². The molecule has 0 amide bonds. The highest BCUT2D eigenvalue weighted by molar-refractivity contribution is 9.10. The Labute approximate surface area is 149 Å². The van der Waals surface area contributed by atoms with Crippen molar-refractivity contribution in [1.29, 1.82) is 0 Å². The third-order valence-corrected chi connectivity index (χ3v) is 5.71. The summed E-state index contributed by atoms with van der Waals surface area (Å²) >= 11 is 3.32. The first kappa shape index (κ1) is 16.9. The molecule has 0 N–H and O–H groups in total. The van der Waals surface area contributed by atoms with Crippen molar-refractivity contribution in [2.24, 2.45) is 0 Å². The van der Waals surface area contributed by atoms with Gasteiger partial charge in [0, 0.05) is 23.4 Å². The molecule has 0 aliphatic rings. The fourth-order valence-corrected chi connectivity index (χ4v) is 4.27. The number of hydrogen-bond donors (Lipinski definition) is 0. The minimum Gasteiger partial charge on any atom is -0.468 e. The zero-order chi connectivity index (χ0) is 17.0. The fourth-order valence-electron chi connectivity index (χ4n) is 2.27. The SMILES string of the molecule is O=S(=O)(c1cccc(Br)c1)N(Cc1cccnc1)Cc1ccco1. The van der Waals surface area contributed by atoms with E-state index in [2.05, 4.69) is 20.9 Å². The molecule has 2 aromatic heterocycles. The summed E-state index contributed by atoms with van der Waals surface area (Å²) in [5.74, 6) is 0.581. The second-order valence-corrected chi connectivity index (χ2v) is 8.02. The minimum absolute atomic E-state index is 0.150. The summed E-state index contributed by atoms with van der Waals surface area (Å²) in [6.45, 7) is 0.361. The molecule has 24 heavy (non-hydrogen) atoms. The minimum atomic E-state index is -3.68. The molecule has 3 rings (SSSR count). The number of sulfonamides is 1. The molecule has 124 valence electrons. The molecule has 0 aliphatic carbocycles. The summed E-state index contributed by atoms with van der Waals surface area (Å²) in [6, 6.07) is 13.8. The van der Waals surface area contributed by atoms with Crippen molar-refractivity contribution in [2.45, 2.75) is 18.0 Å². The van der Waals surface area contributed by atoms with E-state index in [1.54, 1.807) is 54.9 Å². The molecule has 1 aromatic carbocycles. The van der Waals surface area contributed by atoms with Crippen LogP contribution < -0.4 is 0 Å². The normalized spacial score (nSPS) is 11.8. The molecule has 5 nitrogen and oxygen atoms in total. The van der Waals surface area contributed by atoms with Crippen molar-refractivity contribution < 1.29 is 12.8 Å². The summed E-state index contributed by atoms with van der Waals surface area (Å²) in [5.41, 5.74) is 0.808. The molecule has 0 atom stereocenters. The van der Waals surface area contributed by atoms with Crippen LogP contribution >= 0.6 is 15.9 Å². The van der Waals surface area contributed by atoms with Crippen LogP contribution in [0.5, 0.6) is 0 Å². The highest BCUT2D eigenvalue weighted by atomic mass is 79.9. The molecule has 2 heterocycles. The third kappa shape index (κ3) is 3.92. The maximum Gasteiger partial charge on any atom is 0.243 e. The molecule has 7 heteroatoms. The van der Waals surface area contributed by atoms with E-state index in [1.165, 1.54) is 10.6 Å². The first-order valence-corrected chi connectivity index (χ1v) is 9.46. The van der Waals surface area contributed by atoms with Crippen LogP contribution in [0.15, 0.2) is 81.0 Å². The average molecular weight is 407 g/mol. The molecule has 0 bridgehead atoms. The number of aromatic nitrogens is 1. The zero-order valence-electron chi connectivity index (χ0n) is 12.7. The Balaban J connectivity index is 1.96. The quantitative estimate of drug-likeness (QED) is 0.623. The van der Waals surface area contributed by atoms with E-state index in [1.807, 2.05) is 6.07 Å². The Hall–Kier alpha value is -1.96. The van der Waals surface area contributed by atoms with E-state index in [0.29, 0.717) is 10.2 Å². The number of benzene rings is 1. The third-order valence-electron chi connectivity index (χ3n) is 3.43. The maximum absolute atomic E-state index is 13.1. The van der Waals surface area contributed by atoms with Crippen LogP contribution in [-0.2, 0) is 23.1 Å². The van der Waals surface area contributed by atoms with Gasteiger partial charge in [-0.1, -0.05) is 28.1 Å². The lowest BCUT2D eigenvalue weighted by Crippen LogP contribution is -2.30. The lowest BCUT2D eigenvalue weighted by atomic mass is 10.3. The largest absolute Gasteiger partial charge is 0.468 e. The Morgan fingerprint density at radius 3 is 2.62 bits per heavy atom. The molecular weight excluding hydrogens is 392 g/mol. The molecular formula is C17H15BrN2O3S. The van der Waals surface area contributed by atoms with E-state index < -0.39 is 10.0 Å². The lowest BCUT2D eigenvalue weighted by molar-refractivity contribution is 0.358. The van der Waals surface area contributed by atoms with Gasteiger partial charge in [0.2, 0.25) is 10.0 Å². The fraction of sp³-hybridized carbons (Fsp3) is 0.118. The van der Waals surface area contributed by atoms with Gasteiger partial charge in [-0.3, -0.25) is 4.98 Å². The number of pyridine rings is 1. The number of nitrogens with zero attached hydrogens (tertiary/aromatic N) is 2. The maximum atomic E-state index is 13.1. The van der Waals surface area contributed by atoms with Gasteiger partial charge in [0.05, 0.1) is 17.7 Å². The molecule has 0 radical (unpaired) electrons. The van der Waals surface area contributed by atoms with Crippen LogP contribution in [0.3, 0.4) is 0 Å². The predicted octanol–water partition coefficient (Wildman–Crippen LogP) is 3.83. The van der Waals surface area contributed by atoms with E-state index in [0.717, 1.165) is 5.56 Å². The second kappa shape index (κ2) is 7.29. The lowest BCUT2D eigenvalue weighted by Gasteiger charge is -2.21. The smallest absolute Gasteiger partial charge is 0.243 e. The van der Waals surface area contributed by atoms with Gasteiger partial charge in [0.1, 0.15) is 5.76 Å². The van der Waals surface area contributed by atoms with Crippen LogP contribution in [0.2, 0.25) is 0 Å². The van der Waals surface area contributed by atoms with Crippen molar-refractivity contribution >= 4 is 26.0 Å². The van der Waals surface area contributed by atoms with Gasteiger partial charge >= 0.3 is 0 Å². The van der Waals surface area contributed by atoms with Gasteiger partial charge in [0.25, 0.3) is 0 Å². The van der Waals surface area contributed by atoms with Crippen molar-refractivity contribution in [3.63, 3.8) is 0 Å². The predicted molar refractivity (Wildman–Crippen MR) is 93.5 cm³/mol. The molecule has 0 saturated carbocycles. The Bertz CT molecular complexity index is 897. The number of halogens is 1. The van der Waals surface area contributed by atoms with Crippen LogP contribution in [0.1, 0.15) is 11.3 Å². The van der Waals surface area contributed by atoms with Gasteiger partial charge in [-0.2, -0.15) is 4.31 Å². The summed E-state index contributed by atoms with van der Waals surface area (Å²) in [4.78, 5) is 4.28. The highest BCUT2D eigenvalue weighted by Crippen LogP contribution is 2.23. The van der Waals surface area contributed by atoms with Crippen LogP contribution in [-0.4, -0.2) is 17.7 Å². The Kier molecular flexibility index (Phi) is 5.13. The molecule has 0 saturated heterocycles. The molecule has 0 spiro atoms. The monoisotopic (exact) mass is 406 g/mol.